The highest BCUT2D eigenvalue weighted by atomic mass is 32.1. The lowest BCUT2D eigenvalue weighted by atomic mass is 10.3. The van der Waals surface area contributed by atoms with Crippen molar-refractivity contribution in [2.75, 3.05) is 5.32 Å². The van der Waals surface area contributed by atoms with Crippen LogP contribution in [0.4, 0.5) is 14.5 Å². The number of halogens is 2. The van der Waals surface area contributed by atoms with Gasteiger partial charge in [-0.2, -0.15) is 0 Å². The number of pyridine rings is 1. The number of hydrogen-bond donors (Lipinski definition) is 2. The van der Waals surface area contributed by atoms with Crippen LogP contribution in [-0.2, 0) is 6.54 Å². The molecule has 0 aliphatic rings. The van der Waals surface area contributed by atoms with Crippen molar-refractivity contribution in [1.82, 2.24) is 10.3 Å². The molecule has 0 saturated heterocycles. The molecule has 98 valence electrons. The van der Waals surface area contributed by atoms with Crippen molar-refractivity contribution in [2.24, 2.45) is 0 Å². The molecule has 0 aliphatic carbocycles. The van der Waals surface area contributed by atoms with Crippen molar-refractivity contribution < 1.29 is 8.78 Å². The van der Waals surface area contributed by atoms with E-state index in [0.717, 1.165) is 17.8 Å². The van der Waals surface area contributed by atoms with Crippen molar-refractivity contribution >= 4 is 23.0 Å². The van der Waals surface area contributed by atoms with Crippen molar-refractivity contribution in [3.8, 4) is 0 Å². The Morgan fingerprint density at radius 1 is 1.11 bits per heavy atom. The molecular weight excluding hydrogens is 268 g/mol. The van der Waals surface area contributed by atoms with Gasteiger partial charge in [-0.15, -0.1) is 0 Å². The summed E-state index contributed by atoms with van der Waals surface area (Å²) in [5, 5.41) is 5.45. The maximum absolute atomic E-state index is 13.4. The van der Waals surface area contributed by atoms with Crippen molar-refractivity contribution in [1.29, 1.82) is 0 Å². The van der Waals surface area contributed by atoms with Gasteiger partial charge in [0.2, 0.25) is 0 Å². The van der Waals surface area contributed by atoms with Gasteiger partial charge in [0.1, 0.15) is 17.3 Å². The first-order valence-corrected chi connectivity index (χ1v) is 5.96. The lowest BCUT2D eigenvalue weighted by molar-refractivity contribution is 0.591. The Kier molecular flexibility index (Phi) is 4.35. The number of aromatic nitrogens is 1. The summed E-state index contributed by atoms with van der Waals surface area (Å²) in [6.07, 6.45) is 1.66. The number of para-hydroxylation sites is 1. The second-order valence-electron chi connectivity index (χ2n) is 3.73. The molecule has 2 rings (SSSR count). The molecule has 0 unspecified atom stereocenters. The van der Waals surface area contributed by atoms with Crippen LogP contribution in [0.1, 0.15) is 5.69 Å². The lowest BCUT2D eigenvalue weighted by Gasteiger charge is -2.11. The number of rotatable bonds is 3. The molecule has 6 heteroatoms. The van der Waals surface area contributed by atoms with Gasteiger partial charge in [0.25, 0.3) is 0 Å². The van der Waals surface area contributed by atoms with Crippen LogP contribution in [0.15, 0.2) is 42.6 Å². The summed E-state index contributed by atoms with van der Waals surface area (Å²) >= 11 is 4.97. The molecule has 0 atom stereocenters. The van der Waals surface area contributed by atoms with E-state index in [4.69, 9.17) is 12.2 Å². The van der Waals surface area contributed by atoms with Crippen LogP contribution in [0.25, 0.3) is 0 Å². The fraction of sp³-hybridized carbons (Fsp3) is 0.0769. The van der Waals surface area contributed by atoms with E-state index in [1.807, 2.05) is 12.1 Å². The van der Waals surface area contributed by atoms with Crippen molar-refractivity contribution in [2.45, 2.75) is 6.54 Å². The smallest absolute Gasteiger partial charge is 0.171 e. The molecule has 3 nitrogen and oxygen atoms in total. The first kappa shape index (κ1) is 13.4. The average Bonchev–Trinajstić information content (AvgIpc) is 2.42. The highest BCUT2D eigenvalue weighted by Crippen LogP contribution is 2.17. The first-order chi connectivity index (χ1) is 9.16. The van der Waals surface area contributed by atoms with Crippen molar-refractivity contribution in [3.63, 3.8) is 0 Å². The third kappa shape index (κ3) is 3.69. The molecule has 0 saturated carbocycles. The maximum Gasteiger partial charge on any atom is 0.171 e. The molecule has 0 radical (unpaired) electrons. The summed E-state index contributed by atoms with van der Waals surface area (Å²) in [5.41, 5.74) is 0.515. The summed E-state index contributed by atoms with van der Waals surface area (Å²) in [5.74, 6) is -1.39. The van der Waals surface area contributed by atoms with Gasteiger partial charge in [0, 0.05) is 6.20 Å². The molecule has 1 aromatic heterocycles. The van der Waals surface area contributed by atoms with Gasteiger partial charge in [-0.3, -0.25) is 4.98 Å². The van der Waals surface area contributed by atoms with Crippen LogP contribution < -0.4 is 10.6 Å². The largest absolute Gasteiger partial charge is 0.357 e. The molecule has 2 N–H and O–H groups in total. The summed E-state index contributed by atoms with van der Waals surface area (Å²) in [6, 6.07) is 9.07. The number of benzene rings is 1. The quantitative estimate of drug-likeness (QED) is 0.847. The number of thiocarbonyl (C=S) groups is 1. The Labute approximate surface area is 114 Å². The van der Waals surface area contributed by atoms with E-state index < -0.39 is 11.6 Å². The summed E-state index contributed by atoms with van der Waals surface area (Å²) in [7, 11) is 0. The SMILES string of the molecule is Fc1cccc(F)c1NC(=S)NCc1ccccn1. The molecule has 0 bridgehead atoms. The van der Waals surface area contributed by atoms with E-state index in [2.05, 4.69) is 15.6 Å². The minimum absolute atomic E-state index is 0.134. The Hall–Kier alpha value is -2.08. The molecule has 19 heavy (non-hydrogen) atoms. The van der Waals surface area contributed by atoms with Gasteiger partial charge >= 0.3 is 0 Å². The molecule has 0 amide bonds. The second-order valence-corrected chi connectivity index (χ2v) is 4.13. The Bertz CT molecular complexity index is 555. The van der Waals surface area contributed by atoms with Crippen LogP contribution in [-0.4, -0.2) is 10.1 Å². The van der Waals surface area contributed by atoms with E-state index >= 15 is 0 Å². The van der Waals surface area contributed by atoms with E-state index in [-0.39, 0.29) is 10.8 Å². The minimum atomic E-state index is -0.693. The monoisotopic (exact) mass is 279 g/mol. The standard InChI is InChI=1S/C13H11F2N3S/c14-10-5-3-6-11(15)12(10)18-13(19)17-8-9-4-1-2-7-16-9/h1-7H,8H2,(H2,17,18,19). The van der Waals surface area contributed by atoms with E-state index in [1.54, 1.807) is 12.3 Å². The number of hydrogen-bond acceptors (Lipinski definition) is 2. The Balaban J connectivity index is 1.95. The maximum atomic E-state index is 13.4. The summed E-state index contributed by atoms with van der Waals surface area (Å²) in [6.45, 7) is 0.378. The van der Waals surface area contributed by atoms with Crippen LogP contribution in [0.5, 0.6) is 0 Å². The molecular formula is C13H11F2N3S. The normalized spacial score (nSPS) is 10.0. The fourth-order valence-corrected chi connectivity index (χ4v) is 1.62. The average molecular weight is 279 g/mol. The molecule has 2 aromatic rings. The van der Waals surface area contributed by atoms with Crippen LogP contribution in [0, 0.1) is 11.6 Å². The fourth-order valence-electron chi connectivity index (χ4n) is 1.45. The zero-order valence-electron chi connectivity index (χ0n) is 9.86. The van der Waals surface area contributed by atoms with Gasteiger partial charge < -0.3 is 10.6 Å². The predicted octanol–water partition coefficient (Wildman–Crippen LogP) is 2.85. The van der Waals surface area contributed by atoms with E-state index in [0.29, 0.717) is 6.54 Å². The molecule has 1 heterocycles. The zero-order valence-corrected chi connectivity index (χ0v) is 10.7. The number of nitrogens with zero attached hydrogens (tertiary/aromatic N) is 1. The van der Waals surface area contributed by atoms with Crippen LogP contribution in [0.2, 0.25) is 0 Å². The second kappa shape index (κ2) is 6.19. The van der Waals surface area contributed by atoms with Gasteiger partial charge in [-0.05, 0) is 36.5 Å². The zero-order chi connectivity index (χ0) is 13.7. The summed E-state index contributed by atoms with van der Waals surface area (Å²) in [4.78, 5) is 4.09. The van der Waals surface area contributed by atoms with Gasteiger partial charge in [0.15, 0.2) is 5.11 Å². The molecule has 0 aliphatic heterocycles. The molecule has 1 aromatic carbocycles. The van der Waals surface area contributed by atoms with E-state index in [1.165, 1.54) is 6.07 Å². The number of nitrogens with one attached hydrogen (secondary N) is 2. The van der Waals surface area contributed by atoms with Gasteiger partial charge in [-0.25, -0.2) is 8.78 Å². The summed E-state index contributed by atoms with van der Waals surface area (Å²) < 4.78 is 26.7. The highest BCUT2D eigenvalue weighted by molar-refractivity contribution is 7.80. The van der Waals surface area contributed by atoms with Gasteiger partial charge in [-0.1, -0.05) is 12.1 Å². The van der Waals surface area contributed by atoms with Crippen molar-refractivity contribution in [3.05, 3.63) is 59.9 Å². The lowest BCUT2D eigenvalue weighted by Crippen LogP contribution is -2.29. The van der Waals surface area contributed by atoms with E-state index in [9.17, 15) is 8.78 Å². The first-order valence-electron chi connectivity index (χ1n) is 5.55. The third-order valence-corrected chi connectivity index (χ3v) is 2.60. The minimum Gasteiger partial charge on any atom is -0.357 e. The topological polar surface area (TPSA) is 37.0 Å². The van der Waals surface area contributed by atoms with Gasteiger partial charge in [0.05, 0.1) is 12.2 Å². The number of anilines is 1. The highest BCUT2D eigenvalue weighted by Gasteiger charge is 2.09. The predicted molar refractivity (Wildman–Crippen MR) is 73.7 cm³/mol. The van der Waals surface area contributed by atoms with Crippen LogP contribution in [0.3, 0.4) is 0 Å². The third-order valence-electron chi connectivity index (χ3n) is 2.36. The molecule has 0 fully saturated rings. The Morgan fingerprint density at radius 2 is 1.84 bits per heavy atom. The molecule has 0 spiro atoms. The Morgan fingerprint density at radius 3 is 2.47 bits per heavy atom. The van der Waals surface area contributed by atoms with Crippen LogP contribution >= 0.6 is 12.2 Å².